The lowest BCUT2D eigenvalue weighted by Gasteiger charge is -2.30. The van der Waals surface area contributed by atoms with Gasteiger partial charge in [-0.1, -0.05) is 42.5 Å². The molecule has 0 spiro atoms. The van der Waals surface area contributed by atoms with Crippen molar-refractivity contribution in [1.29, 1.82) is 0 Å². The molecule has 27 heavy (non-hydrogen) atoms. The zero-order valence-corrected chi connectivity index (χ0v) is 15.1. The Morgan fingerprint density at radius 3 is 2.63 bits per heavy atom. The Labute approximate surface area is 157 Å². The van der Waals surface area contributed by atoms with Gasteiger partial charge in [0.25, 0.3) is 5.91 Å². The lowest BCUT2D eigenvalue weighted by Crippen LogP contribution is -2.33. The molecule has 0 unspecified atom stereocenters. The Morgan fingerprint density at radius 2 is 1.85 bits per heavy atom. The minimum Gasteiger partial charge on any atom is -0.439 e. The molecule has 1 fully saturated rings. The largest absolute Gasteiger partial charge is 0.439 e. The molecule has 3 rings (SSSR count). The van der Waals surface area contributed by atoms with E-state index in [1.54, 1.807) is 0 Å². The van der Waals surface area contributed by atoms with E-state index in [9.17, 15) is 9.59 Å². The third kappa shape index (κ3) is 5.42. The fraction of sp³-hybridized carbons (Fsp3) is 0.400. The monoisotopic (exact) mass is 372 g/mol. The topological polar surface area (TPSA) is 99.9 Å². The Morgan fingerprint density at radius 1 is 1.11 bits per heavy atom. The van der Waals surface area contributed by atoms with Crippen molar-refractivity contribution >= 4 is 22.8 Å². The number of benzene rings is 2. The Balaban J connectivity index is 1.40. The molecule has 144 valence electrons. The average Bonchev–Trinajstić information content (AvgIpc) is 2.70. The molecule has 7 heteroatoms. The predicted octanol–water partition coefficient (Wildman–Crippen LogP) is 2.29. The maximum Gasteiger partial charge on any atom is 0.407 e. The van der Waals surface area contributed by atoms with Crippen LogP contribution < -0.4 is 11.1 Å². The second-order valence-electron chi connectivity index (χ2n) is 6.47. The molecular formula is C20H24N2O5. The van der Waals surface area contributed by atoms with Gasteiger partial charge in [0.1, 0.15) is 0 Å². The Bertz CT molecular complexity index is 782. The van der Waals surface area contributed by atoms with Crippen molar-refractivity contribution in [3.05, 3.63) is 48.0 Å². The average molecular weight is 372 g/mol. The van der Waals surface area contributed by atoms with Gasteiger partial charge in [0.15, 0.2) is 12.9 Å². The van der Waals surface area contributed by atoms with Gasteiger partial charge in [-0.2, -0.15) is 0 Å². The van der Waals surface area contributed by atoms with Gasteiger partial charge in [-0.05, 0) is 22.8 Å². The molecule has 0 atom stereocenters. The van der Waals surface area contributed by atoms with E-state index in [1.165, 1.54) is 16.3 Å². The van der Waals surface area contributed by atoms with Crippen LogP contribution in [0, 0.1) is 0 Å². The van der Waals surface area contributed by atoms with Crippen molar-refractivity contribution in [2.24, 2.45) is 5.73 Å². The van der Waals surface area contributed by atoms with Gasteiger partial charge in [-0.25, -0.2) is 4.79 Å². The minimum absolute atomic E-state index is 0.203. The number of hydrogen-bond acceptors (Lipinski definition) is 5. The van der Waals surface area contributed by atoms with Crippen LogP contribution in [0.3, 0.4) is 0 Å². The second-order valence-corrected chi connectivity index (χ2v) is 6.47. The van der Waals surface area contributed by atoms with Crippen LogP contribution in [0.5, 0.6) is 0 Å². The van der Waals surface area contributed by atoms with E-state index in [0.29, 0.717) is 32.6 Å². The third-order valence-corrected chi connectivity index (χ3v) is 4.46. The number of fused-ring (bicyclic) bond motifs is 1. The van der Waals surface area contributed by atoms with Crippen molar-refractivity contribution in [1.82, 2.24) is 5.32 Å². The minimum atomic E-state index is -0.685. The first-order valence-electron chi connectivity index (χ1n) is 9.03. The van der Waals surface area contributed by atoms with Crippen LogP contribution in [-0.4, -0.2) is 44.7 Å². The number of nitrogens with one attached hydrogen (secondary N) is 1. The molecule has 3 N–H and O–H groups in total. The molecule has 0 saturated carbocycles. The molecule has 0 aromatic heterocycles. The SMILES string of the molecule is NC(=O)COC(=O)NCCC[C@H]1OC[C@H](c2cccc3ccccc32)CO1. The molecule has 7 nitrogen and oxygen atoms in total. The number of primary amides is 1. The summed E-state index contributed by atoms with van der Waals surface area (Å²) in [7, 11) is 0. The summed E-state index contributed by atoms with van der Waals surface area (Å²) in [5, 5.41) is 5.00. The van der Waals surface area contributed by atoms with E-state index in [0.717, 1.165) is 0 Å². The lowest BCUT2D eigenvalue weighted by atomic mass is 9.94. The second kappa shape index (κ2) is 9.34. The van der Waals surface area contributed by atoms with Crippen molar-refractivity contribution in [3.8, 4) is 0 Å². The zero-order valence-electron chi connectivity index (χ0n) is 15.1. The van der Waals surface area contributed by atoms with E-state index in [4.69, 9.17) is 15.2 Å². The molecule has 1 aliphatic heterocycles. The quantitative estimate of drug-likeness (QED) is 0.727. The predicted molar refractivity (Wildman–Crippen MR) is 100 cm³/mol. The highest BCUT2D eigenvalue weighted by atomic mass is 16.7. The summed E-state index contributed by atoms with van der Waals surface area (Å²) in [6.45, 7) is 1.20. The molecule has 1 heterocycles. The van der Waals surface area contributed by atoms with Gasteiger partial charge in [0.05, 0.1) is 13.2 Å². The van der Waals surface area contributed by atoms with Crippen molar-refractivity contribution in [3.63, 3.8) is 0 Å². The summed E-state index contributed by atoms with van der Waals surface area (Å²) < 4.78 is 16.3. The van der Waals surface area contributed by atoms with Gasteiger partial charge in [0, 0.05) is 18.9 Å². The van der Waals surface area contributed by atoms with E-state index in [-0.39, 0.29) is 12.2 Å². The summed E-state index contributed by atoms with van der Waals surface area (Å²) in [5.41, 5.74) is 6.14. The Kier molecular flexibility index (Phi) is 6.62. The van der Waals surface area contributed by atoms with Gasteiger partial charge < -0.3 is 25.3 Å². The van der Waals surface area contributed by atoms with Gasteiger partial charge in [-0.15, -0.1) is 0 Å². The number of carbonyl (C=O) groups is 2. The molecule has 1 aliphatic rings. The summed E-state index contributed by atoms with van der Waals surface area (Å²) in [6.07, 6.45) is 0.406. The van der Waals surface area contributed by atoms with Crippen LogP contribution in [0.4, 0.5) is 4.79 Å². The molecular weight excluding hydrogens is 348 g/mol. The number of amides is 2. The van der Waals surface area contributed by atoms with Crippen LogP contribution in [0.2, 0.25) is 0 Å². The number of carbonyl (C=O) groups excluding carboxylic acids is 2. The number of rotatable bonds is 7. The van der Waals surface area contributed by atoms with Gasteiger partial charge in [-0.3, -0.25) is 4.79 Å². The van der Waals surface area contributed by atoms with Gasteiger partial charge >= 0.3 is 6.09 Å². The fourth-order valence-corrected chi connectivity index (χ4v) is 3.14. The first-order valence-corrected chi connectivity index (χ1v) is 9.03. The highest BCUT2D eigenvalue weighted by Crippen LogP contribution is 2.29. The molecule has 0 radical (unpaired) electrons. The van der Waals surface area contributed by atoms with Crippen LogP contribution in [0.15, 0.2) is 42.5 Å². The first-order chi connectivity index (χ1) is 13.1. The number of hydrogen-bond donors (Lipinski definition) is 2. The zero-order chi connectivity index (χ0) is 19.1. The van der Waals surface area contributed by atoms with Crippen LogP contribution in [0.25, 0.3) is 10.8 Å². The molecule has 1 saturated heterocycles. The number of nitrogens with two attached hydrogens (primary N) is 1. The van der Waals surface area contributed by atoms with Crippen molar-refractivity contribution < 1.29 is 23.8 Å². The Hall–Kier alpha value is -2.64. The first kappa shape index (κ1) is 19.1. The standard InChI is InChI=1S/C20H24N2O5/c21-18(23)13-27-20(24)22-10-4-9-19-25-11-15(12-26-19)17-8-3-6-14-5-1-2-7-16(14)17/h1-3,5-8,15,19H,4,9-13H2,(H2,21,23)(H,22,24)/t15-,19-. The van der Waals surface area contributed by atoms with Crippen LogP contribution in [-0.2, 0) is 19.0 Å². The number of alkyl carbamates (subject to hydrolysis) is 1. The fourth-order valence-electron chi connectivity index (χ4n) is 3.14. The molecule has 0 bridgehead atoms. The normalized spacial score (nSPS) is 19.6. The highest BCUT2D eigenvalue weighted by Gasteiger charge is 2.24. The van der Waals surface area contributed by atoms with E-state index >= 15 is 0 Å². The molecule has 2 aromatic carbocycles. The molecule has 2 aromatic rings. The maximum atomic E-state index is 11.3. The van der Waals surface area contributed by atoms with E-state index in [1.807, 2.05) is 12.1 Å². The van der Waals surface area contributed by atoms with Crippen LogP contribution >= 0.6 is 0 Å². The maximum absolute atomic E-state index is 11.3. The lowest BCUT2D eigenvalue weighted by molar-refractivity contribution is -0.189. The van der Waals surface area contributed by atoms with Crippen LogP contribution in [0.1, 0.15) is 24.3 Å². The van der Waals surface area contributed by atoms with E-state index < -0.39 is 18.6 Å². The molecule has 2 amide bonds. The highest BCUT2D eigenvalue weighted by molar-refractivity contribution is 5.86. The smallest absolute Gasteiger partial charge is 0.407 e. The van der Waals surface area contributed by atoms with E-state index in [2.05, 4.69) is 40.4 Å². The summed E-state index contributed by atoms with van der Waals surface area (Å²) >= 11 is 0. The van der Waals surface area contributed by atoms with Crippen molar-refractivity contribution in [2.45, 2.75) is 25.0 Å². The summed E-state index contributed by atoms with van der Waals surface area (Å²) in [6, 6.07) is 14.6. The number of ether oxygens (including phenoxy) is 3. The van der Waals surface area contributed by atoms with Crippen molar-refractivity contribution in [2.75, 3.05) is 26.4 Å². The third-order valence-electron chi connectivity index (χ3n) is 4.46. The van der Waals surface area contributed by atoms with Gasteiger partial charge in [0.2, 0.25) is 0 Å². The summed E-state index contributed by atoms with van der Waals surface area (Å²) in [5.74, 6) is -0.482. The summed E-state index contributed by atoms with van der Waals surface area (Å²) in [4.78, 5) is 21.8. The molecule has 0 aliphatic carbocycles.